The van der Waals surface area contributed by atoms with Gasteiger partial charge in [-0.1, -0.05) is 11.8 Å². The summed E-state index contributed by atoms with van der Waals surface area (Å²) in [5.74, 6) is 0.0126. The van der Waals surface area contributed by atoms with E-state index in [9.17, 15) is 14.9 Å². The molecule has 2 aromatic carbocycles. The first-order valence-electron chi connectivity index (χ1n) is 10.7. The number of carbonyl (C=O) groups is 1. The van der Waals surface area contributed by atoms with Crippen LogP contribution in [-0.2, 0) is 0 Å². The first-order valence-corrected chi connectivity index (χ1v) is 10.7. The molecule has 0 aliphatic heterocycles. The second-order valence-corrected chi connectivity index (χ2v) is 7.33. The molecule has 0 fully saturated rings. The van der Waals surface area contributed by atoms with Crippen molar-refractivity contribution in [3.63, 3.8) is 0 Å². The Labute approximate surface area is 208 Å². The van der Waals surface area contributed by atoms with Gasteiger partial charge in [0.15, 0.2) is 11.4 Å². The standard InChI is InChI=1S/C22H21N9O6/c1-4-36-15-8-5-13(6-9-15)19-18(25-29-30(19)21-20(23)27-37-28-21)22(32)26-24-12(2)14-7-10-17(35-3)16(11-14)31(33)34/h5-11,24H,2,4H2,1,3H3,(H2,23,27)(H,26,32). The zero-order chi connectivity index (χ0) is 26.5. The van der Waals surface area contributed by atoms with Crippen LogP contribution in [0.4, 0.5) is 11.5 Å². The van der Waals surface area contributed by atoms with Crippen LogP contribution < -0.4 is 26.1 Å². The second kappa shape index (κ2) is 10.4. The molecule has 0 spiro atoms. The quantitative estimate of drug-likeness (QED) is 0.209. The topological polar surface area (TPSA) is 198 Å². The van der Waals surface area contributed by atoms with E-state index in [1.165, 1.54) is 23.9 Å². The molecule has 37 heavy (non-hydrogen) atoms. The lowest BCUT2D eigenvalue weighted by Gasteiger charge is -2.12. The molecule has 190 valence electrons. The van der Waals surface area contributed by atoms with E-state index in [-0.39, 0.29) is 40.2 Å². The highest BCUT2D eigenvalue weighted by molar-refractivity contribution is 5.98. The molecule has 0 aliphatic rings. The van der Waals surface area contributed by atoms with Crippen molar-refractivity contribution in [1.82, 2.24) is 36.2 Å². The number of nitrogens with one attached hydrogen (secondary N) is 2. The van der Waals surface area contributed by atoms with Crippen LogP contribution in [0, 0.1) is 10.1 Å². The summed E-state index contributed by atoms with van der Waals surface area (Å²) in [5, 5.41) is 26.6. The molecule has 4 N–H and O–H groups in total. The van der Waals surface area contributed by atoms with Gasteiger partial charge in [-0.2, -0.15) is 4.68 Å². The van der Waals surface area contributed by atoms with E-state index < -0.39 is 10.8 Å². The summed E-state index contributed by atoms with van der Waals surface area (Å²) in [6, 6.07) is 11.1. The summed E-state index contributed by atoms with van der Waals surface area (Å²) in [4.78, 5) is 23.8. The highest BCUT2D eigenvalue weighted by Crippen LogP contribution is 2.30. The molecule has 0 unspecified atom stereocenters. The van der Waals surface area contributed by atoms with Crippen LogP contribution in [-0.4, -0.2) is 49.9 Å². The molecule has 4 rings (SSSR count). The van der Waals surface area contributed by atoms with E-state index in [0.29, 0.717) is 23.5 Å². The minimum Gasteiger partial charge on any atom is -0.494 e. The Morgan fingerprint density at radius 3 is 2.59 bits per heavy atom. The summed E-state index contributed by atoms with van der Waals surface area (Å²) in [6.07, 6.45) is 0. The van der Waals surface area contributed by atoms with Crippen LogP contribution in [0.3, 0.4) is 0 Å². The number of ether oxygens (including phenoxy) is 2. The number of amides is 1. The highest BCUT2D eigenvalue weighted by atomic mass is 16.6. The molecular formula is C22H21N9O6. The van der Waals surface area contributed by atoms with Gasteiger partial charge in [0.25, 0.3) is 5.91 Å². The lowest BCUT2D eigenvalue weighted by atomic mass is 10.1. The smallest absolute Gasteiger partial charge is 0.311 e. The maximum absolute atomic E-state index is 13.1. The fourth-order valence-corrected chi connectivity index (χ4v) is 3.34. The zero-order valence-electron chi connectivity index (χ0n) is 19.7. The van der Waals surface area contributed by atoms with Crippen molar-refractivity contribution in [1.29, 1.82) is 0 Å². The van der Waals surface area contributed by atoms with Gasteiger partial charge in [0.2, 0.25) is 11.6 Å². The first kappa shape index (κ1) is 24.6. The van der Waals surface area contributed by atoms with Crippen molar-refractivity contribution >= 4 is 23.1 Å². The molecule has 0 radical (unpaired) electrons. The number of aromatic nitrogens is 5. The Hall–Kier alpha value is -5.47. The summed E-state index contributed by atoms with van der Waals surface area (Å²) in [6.45, 7) is 6.17. The van der Waals surface area contributed by atoms with Gasteiger partial charge in [-0.15, -0.1) is 5.10 Å². The molecule has 15 nitrogen and oxygen atoms in total. The number of nitro benzene ring substituents is 1. The number of hydrogen-bond donors (Lipinski definition) is 3. The third kappa shape index (κ3) is 5.00. The monoisotopic (exact) mass is 507 g/mol. The molecule has 2 aromatic heterocycles. The van der Waals surface area contributed by atoms with Gasteiger partial charge in [-0.25, -0.2) is 4.63 Å². The van der Waals surface area contributed by atoms with Gasteiger partial charge < -0.3 is 15.2 Å². The van der Waals surface area contributed by atoms with E-state index in [1.54, 1.807) is 30.3 Å². The Bertz CT molecular complexity index is 1460. The lowest BCUT2D eigenvalue weighted by molar-refractivity contribution is -0.385. The third-order valence-electron chi connectivity index (χ3n) is 5.07. The number of methoxy groups -OCH3 is 1. The van der Waals surface area contributed by atoms with Gasteiger partial charge >= 0.3 is 5.69 Å². The highest BCUT2D eigenvalue weighted by Gasteiger charge is 2.25. The van der Waals surface area contributed by atoms with Crippen LogP contribution >= 0.6 is 0 Å². The maximum atomic E-state index is 13.1. The van der Waals surface area contributed by atoms with Crippen LogP contribution in [0.2, 0.25) is 0 Å². The fourth-order valence-electron chi connectivity index (χ4n) is 3.34. The minimum absolute atomic E-state index is 0.0401. The van der Waals surface area contributed by atoms with Crippen LogP contribution in [0.1, 0.15) is 23.0 Å². The van der Waals surface area contributed by atoms with Crippen LogP contribution in [0.5, 0.6) is 11.5 Å². The van der Waals surface area contributed by atoms with Gasteiger partial charge in [-0.05, 0) is 53.6 Å². The Balaban J connectivity index is 1.62. The molecule has 1 amide bonds. The van der Waals surface area contributed by atoms with Crippen LogP contribution in [0.25, 0.3) is 22.8 Å². The zero-order valence-corrected chi connectivity index (χ0v) is 19.7. The van der Waals surface area contributed by atoms with Gasteiger partial charge in [0, 0.05) is 17.2 Å². The Morgan fingerprint density at radius 1 is 1.22 bits per heavy atom. The van der Waals surface area contributed by atoms with Crippen molar-refractivity contribution in [2.75, 3.05) is 19.5 Å². The van der Waals surface area contributed by atoms with E-state index in [4.69, 9.17) is 15.2 Å². The number of nitro groups is 1. The largest absolute Gasteiger partial charge is 0.494 e. The predicted octanol–water partition coefficient (Wildman–Crippen LogP) is 2.12. The molecule has 0 saturated heterocycles. The number of nitrogens with two attached hydrogens (primary N) is 1. The summed E-state index contributed by atoms with van der Waals surface area (Å²) >= 11 is 0. The number of rotatable bonds is 10. The number of carbonyl (C=O) groups excluding carboxylic acids is 1. The maximum Gasteiger partial charge on any atom is 0.311 e. The van der Waals surface area contributed by atoms with Gasteiger partial charge in [0.05, 0.1) is 24.3 Å². The molecular weight excluding hydrogens is 486 g/mol. The second-order valence-electron chi connectivity index (χ2n) is 7.33. The molecule has 15 heteroatoms. The SMILES string of the molecule is C=C(NNC(=O)c1nnn(-c2nonc2N)c1-c1ccc(OCC)cc1)c1ccc(OC)c([N+](=O)[O-])c1. The fraction of sp³-hybridized carbons (Fsp3) is 0.136. The molecule has 4 aromatic rings. The van der Waals surface area contributed by atoms with E-state index in [0.717, 1.165) is 0 Å². The molecule has 0 aliphatic carbocycles. The summed E-state index contributed by atoms with van der Waals surface area (Å²) in [7, 11) is 1.33. The van der Waals surface area contributed by atoms with Crippen molar-refractivity contribution in [3.05, 3.63) is 70.4 Å². The van der Waals surface area contributed by atoms with Crippen molar-refractivity contribution in [2.45, 2.75) is 6.92 Å². The average molecular weight is 507 g/mol. The number of benzene rings is 2. The Kier molecular flexibility index (Phi) is 6.95. The molecule has 0 bridgehead atoms. The number of anilines is 1. The van der Waals surface area contributed by atoms with E-state index >= 15 is 0 Å². The lowest BCUT2D eigenvalue weighted by Crippen LogP contribution is -2.36. The number of hydrogen-bond acceptors (Lipinski definition) is 12. The predicted molar refractivity (Wildman–Crippen MR) is 130 cm³/mol. The van der Waals surface area contributed by atoms with Crippen molar-refractivity contribution < 1.29 is 23.8 Å². The molecule has 0 saturated carbocycles. The average Bonchev–Trinajstić information content (AvgIpc) is 3.53. The van der Waals surface area contributed by atoms with E-state index in [1.807, 2.05) is 6.92 Å². The van der Waals surface area contributed by atoms with Crippen LogP contribution in [0.15, 0.2) is 53.7 Å². The molecule has 0 atom stereocenters. The normalized spacial score (nSPS) is 10.5. The Morgan fingerprint density at radius 2 is 1.97 bits per heavy atom. The summed E-state index contributed by atoms with van der Waals surface area (Å²) in [5.41, 5.74) is 11.9. The van der Waals surface area contributed by atoms with Crippen molar-refractivity contribution in [2.24, 2.45) is 0 Å². The first-order chi connectivity index (χ1) is 17.8. The van der Waals surface area contributed by atoms with Crippen molar-refractivity contribution in [3.8, 4) is 28.6 Å². The van der Waals surface area contributed by atoms with Gasteiger partial charge in [-0.3, -0.25) is 25.8 Å². The van der Waals surface area contributed by atoms with Gasteiger partial charge in [0.1, 0.15) is 11.4 Å². The summed E-state index contributed by atoms with van der Waals surface area (Å²) < 4.78 is 16.4. The van der Waals surface area contributed by atoms with E-state index in [2.05, 4.69) is 42.7 Å². The molecule has 2 heterocycles. The number of nitrogens with zero attached hydrogens (tertiary/aromatic N) is 6. The third-order valence-corrected chi connectivity index (χ3v) is 5.07. The number of hydrazine groups is 1. The minimum atomic E-state index is -0.686. The number of nitrogen functional groups attached to an aromatic ring is 1.